The van der Waals surface area contributed by atoms with Crippen LogP contribution >= 0.6 is 0 Å². The van der Waals surface area contributed by atoms with Crippen molar-refractivity contribution in [3.8, 4) is 0 Å². The van der Waals surface area contributed by atoms with E-state index in [0.717, 1.165) is 58.9 Å². The Bertz CT molecular complexity index is 289. The number of carbonyl (C=O) groups excluding carboxylic acids is 1. The third kappa shape index (κ3) is 5.75. The zero-order valence-electron chi connectivity index (χ0n) is 12.4. The Morgan fingerprint density at radius 3 is 2.55 bits per heavy atom. The molecule has 0 spiro atoms. The minimum atomic E-state index is 0.0886. The van der Waals surface area contributed by atoms with Crippen LogP contribution in [0.3, 0.4) is 0 Å². The van der Waals surface area contributed by atoms with Gasteiger partial charge in [0.15, 0.2) is 0 Å². The van der Waals surface area contributed by atoms with Crippen LogP contribution in [0.2, 0.25) is 0 Å². The monoisotopic (exact) mass is 285 g/mol. The lowest BCUT2D eigenvalue weighted by Gasteiger charge is -2.29. The Labute approximate surface area is 121 Å². The van der Waals surface area contributed by atoms with Gasteiger partial charge in [-0.25, -0.2) is 0 Å². The van der Waals surface area contributed by atoms with Gasteiger partial charge in [0.1, 0.15) is 0 Å². The molecule has 0 aliphatic carbocycles. The maximum atomic E-state index is 11.9. The summed E-state index contributed by atoms with van der Waals surface area (Å²) in [7, 11) is 0. The average Bonchev–Trinajstić information content (AvgIpc) is 2.47. The molecule has 0 radical (unpaired) electrons. The van der Waals surface area contributed by atoms with Gasteiger partial charge in [-0.15, -0.1) is 0 Å². The fourth-order valence-corrected chi connectivity index (χ4v) is 2.62. The number of ether oxygens (including phenoxy) is 2. The lowest BCUT2D eigenvalue weighted by atomic mass is 10.1. The second kappa shape index (κ2) is 8.56. The van der Waals surface area contributed by atoms with Crippen molar-refractivity contribution in [3.05, 3.63) is 0 Å². The molecule has 1 amide bonds. The molecule has 2 aliphatic rings. The zero-order valence-corrected chi connectivity index (χ0v) is 12.4. The van der Waals surface area contributed by atoms with Gasteiger partial charge < -0.3 is 20.1 Å². The number of nitrogens with zero attached hydrogens (tertiary/aromatic N) is 1. The predicted octanol–water partition coefficient (Wildman–Crippen LogP) is -0.408. The van der Waals surface area contributed by atoms with E-state index in [2.05, 4.69) is 22.5 Å². The molecule has 2 heterocycles. The molecule has 20 heavy (non-hydrogen) atoms. The van der Waals surface area contributed by atoms with Crippen molar-refractivity contribution >= 4 is 5.91 Å². The average molecular weight is 285 g/mol. The quantitative estimate of drug-likeness (QED) is 0.695. The molecule has 2 aliphatic heterocycles. The molecule has 116 valence electrons. The number of nitrogens with one attached hydrogen (secondary N) is 2. The fourth-order valence-electron chi connectivity index (χ4n) is 2.62. The zero-order chi connectivity index (χ0) is 14.2. The van der Waals surface area contributed by atoms with E-state index in [-0.39, 0.29) is 11.9 Å². The molecule has 2 rings (SSSR count). The normalized spacial score (nSPS) is 23.4. The largest absolute Gasteiger partial charge is 0.381 e. The van der Waals surface area contributed by atoms with Crippen molar-refractivity contribution in [1.29, 1.82) is 0 Å². The van der Waals surface area contributed by atoms with Gasteiger partial charge in [0, 0.05) is 44.9 Å². The van der Waals surface area contributed by atoms with Crippen molar-refractivity contribution in [2.24, 2.45) is 0 Å². The molecular formula is C14H27N3O3. The number of amides is 1. The Morgan fingerprint density at radius 1 is 1.20 bits per heavy atom. The van der Waals surface area contributed by atoms with Gasteiger partial charge in [-0.1, -0.05) is 0 Å². The molecule has 0 aromatic carbocycles. The van der Waals surface area contributed by atoms with Gasteiger partial charge in [-0.3, -0.25) is 9.69 Å². The van der Waals surface area contributed by atoms with Crippen LogP contribution < -0.4 is 10.6 Å². The SMILES string of the molecule is CC(CN1CCOCC1)NCC(=O)NC1CCOCC1. The van der Waals surface area contributed by atoms with Crippen LogP contribution in [0.5, 0.6) is 0 Å². The second-order valence-electron chi connectivity index (χ2n) is 5.65. The minimum absolute atomic E-state index is 0.0886. The van der Waals surface area contributed by atoms with Crippen LogP contribution in [0, 0.1) is 0 Å². The fraction of sp³-hybridized carbons (Fsp3) is 0.929. The van der Waals surface area contributed by atoms with Gasteiger partial charge >= 0.3 is 0 Å². The van der Waals surface area contributed by atoms with Crippen LogP contribution in [-0.2, 0) is 14.3 Å². The molecular weight excluding hydrogens is 258 g/mol. The summed E-state index contributed by atoms with van der Waals surface area (Å²) in [6.07, 6.45) is 1.85. The number of rotatable bonds is 6. The van der Waals surface area contributed by atoms with Gasteiger partial charge in [0.05, 0.1) is 19.8 Å². The number of morpholine rings is 1. The Morgan fingerprint density at radius 2 is 1.85 bits per heavy atom. The van der Waals surface area contributed by atoms with Gasteiger partial charge in [0.25, 0.3) is 0 Å². The van der Waals surface area contributed by atoms with Crippen molar-refractivity contribution in [2.45, 2.75) is 31.8 Å². The highest BCUT2D eigenvalue weighted by Gasteiger charge is 2.17. The molecule has 2 fully saturated rings. The first kappa shape index (κ1) is 15.7. The first-order chi connectivity index (χ1) is 9.74. The van der Waals surface area contributed by atoms with E-state index in [9.17, 15) is 4.79 Å². The van der Waals surface area contributed by atoms with E-state index in [1.807, 2.05) is 0 Å². The summed E-state index contributed by atoms with van der Waals surface area (Å²) < 4.78 is 10.6. The maximum absolute atomic E-state index is 11.9. The van der Waals surface area contributed by atoms with Crippen LogP contribution in [0.15, 0.2) is 0 Å². The standard InChI is InChI=1S/C14H27N3O3/c1-12(11-17-4-8-20-9-5-17)15-10-14(18)16-13-2-6-19-7-3-13/h12-13,15H,2-11H2,1H3,(H,16,18). The summed E-state index contributed by atoms with van der Waals surface area (Å²) in [5.74, 6) is 0.0886. The lowest BCUT2D eigenvalue weighted by molar-refractivity contribution is -0.121. The predicted molar refractivity (Wildman–Crippen MR) is 76.7 cm³/mol. The Hall–Kier alpha value is -0.690. The summed E-state index contributed by atoms with van der Waals surface area (Å²) in [5.41, 5.74) is 0. The molecule has 2 N–H and O–H groups in total. The first-order valence-electron chi connectivity index (χ1n) is 7.64. The van der Waals surface area contributed by atoms with Crippen molar-refractivity contribution in [1.82, 2.24) is 15.5 Å². The van der Waals surface area contributed by atoms with Crippen LogP contribution in [0.25, 0.3) is 0 Å². The van der Waals surface area contributed by atoms with Crippen molar-refractivity contribution in [2.75, 3.05) is 52.6 Å². The molecule has 1 atom stereocenters. The third-order valence-corrected chi connectivity index (χ3v) is 3.83. The van der Waals surface area contributed by atoms with E-state index in [4.69, 9.17) is 9.47 Å². The minimum Gasteiger partial charge on any atom is -0.381 e. The van der Waals surface area contributed by atoms with Crippen molar-refractivity contribution < 1.29 is 14.3 Å². The molecule has 0 aromatic rings. The van der Waals surface area contributed by atoms with Crippen LogP contribution in [-0.4, -0.2) is 75.5 Å². The van der Waals surface area contributed by atoms with Gasteiger partial charge in [-0.2, -0.15) is 0 Å². The maximum Gasteiger partial charge on any atom is 0.234 e. The summed E-state index contributed by atoms with van der Waals surface area (Å²) in [6, 6.07) is 0.598. The van der Waals surface area contributed by atoms with Crippen molar-refractivity contribution in [3.63, 3.8) is 0 Å². The van der Waals surface area contributed by atoms with Gasteiger partial charge in [0.2, 0.25) is 5.91 Å². The topological polar surface area (TPSA) is 62.8 Å². The van der Waals surface area contributed by atoms with E-state index < -0.39 is 0 Å². The van der Waals surface area contributed by atoms with Gasteiger partial charge in [-0.05, 0) is 19.8 Å². The highest BCUT2D eigenvalue weighted by molar-refractivity contribution is 5.78. The summed E-state index contributed by atoms with van der Waals surface area (Å²) in [5, 5.41) is 6.36. The van der Waals surface area contributed by atoms with E-state index >= 15 is 0 Å². The van der Waals surface area contributed by atoms with Crippen LogP contribution in [0.4, 0.5) is 0 Å². The van der Waals surface area contributed by atoms with E-state index in [0.29, 0.717) is 12.6 Å². The van der Waals surface area contributed by atoms with Crippen LogP contribution in [0.1, 0.15) is 19.8 Å². The van der Waals surface area contributed by atoms with E-state index in [1.165, 1.54) is 0 Å². The molecule has 1 unspecified atom stereocenters. The molecule has 0 bridgehead atoms. The summed E-state index contributed by atoms with van der Waals surface area (Å²) in [6.45, 7) is 8.60. The second-order valence-corrected chi connectivity index (χ2v) is 5.65. The summed E-state index contributed by atoms with van der Waals surface area (Å²) >= 11 is 0. The molecule has 6 heteroatoms. The molecule has 0 saturated carbocycles. The molecule has 6 nitrogen and oxygen atoms in total. The summed E-state index contributed by atoms with van der Waals surface area (Å²) in [4.78, 5) is 14.2. The molecule has 2 saturated heterocycles. The van der Waals surface area contributed by atoms with E-state index in [1.54, 1.807) is 0 Å². The lowest BCUT2D eigenvalue weighted by Crippen LogP contribution is -2.48. The Kier molecular flexibility index (Phi) is 6.72. The highest BCUT2D eigenvalue weighted by atomic mass is 16.5. The highest BCUT2D eigenvalue weighted by Crippen LogP contribution is 2.05. The molecule has 0 aromatic heterocycles. The smallest absolute Gasteiger partial charge is 0.234 e. The first-order valence-corrected chi connectivity index (χ1v) is 7.64. The Balaban J connectivity index is 1.57. The number of hydrogen-bond acceptors (Lipinski definition) is 5. The third-order valence-electron chi connectivity index (χ3n) is 3.83. The number of hydrogen-bond donors (Lipinski definition) is 2. The number of carbonyl (C=O) groups is 1.